The van der Waals surface area contributed by atoms with Crippen molar-refractivity contribution in [1.82, 2.24) is 5.48 Å². The molecule has 17 heavy (non-hydrogen) atoms. The van der Waals surface area contributed by atoms with Crippen LogP contribution < -0.4 is 19.7 Å². The zero-order valence-corrected chi connectivity index (χ0v) is 9.46. The number of hydrogen-bond acceptors (Lipinski definition) is 5. The van der Waals surface area contributed by atoms with Gasteiger partial charge in [0.05, 0.1) is 32.4 Å². The SMILES string of the molecule is COc1c(F)cc2c(c1CNO)OCCCO2. The zero-order chi connectivity index (χ0) is 12.3. The van der Waals surface area contributed by atoms with E-state index in [1.165, 1.54) is 13.2 Å². The van der Waals surface area contributed by atoms with E-state index in [0.717, 1.165) is 6.42 Å². The summed E-state index contributed by atoms with van der Waals surface area (Å²) in [4.78, 5) is 0. The largest absolute Gasteiger partial charge is 0.493 e. The van der Waals surface area contributed by atoms with E-state index in [1.807, 2.05) is 5.48 Å². The van der Waals surface area contributed by atoms with Crippen LogP contribution in [0.1, 0.15) is 12.0 Å². The van der Waals surface area contributed by atoms with Gasteiger partial charge in [-0.2, -0.15) is 0 Å². The Morgan fingerprint density at radius 2 is 2.24 bits per heavy atom. The van der Waals surface area contributed by atoms with Crippen molar-refractivity contribution in [2.24, 2.45) is 0 Å². The summed E-state index contributed by atoms with van der Waals surface area (Å²) >= 11 is 0. The average Bonchev–Trinajstić information content (AvgIpc) is 2.54. The van der Waals surface area contributed by atoms with Crippen molar-refractivity contribution in [2.45, 2.75) is 13.0 Å². The first-order valence-electron chi connectivity index (χ1n) is 5.30. The third-order valence-electron chi connectivity index (χ3n) is 2.50. The molecule has 5 nitrogen and oxygen atoms in total. The van der Waals surface area contributed by atoms with Gasteiger partial charge in [0.25, 0.3) is 0 Å². The number of methoxy groups -OCH3 is 1. The van der Waals surface area contributed by atoms with Crippen LogP contribution in [0, 0.1) is 5.82 Å². The molecule has 0 saturated carbocycles. The van der Waals surface area contributed by atoms with Gasteiger partial charge in [0.2, 0.25) is 0 Å². The monoisotopic (exact) mass is 243 g/mol. The molecular weight excluding hydrogens is 229 g/mol. The molecule has 0 atom stereocenters. The van der Waals surface area contributed by atoms with E-state index in [-0.39, 0.29) is 12.3 Å². The number of nitrogens with one attached hydrogen (secondary N) is 1. The smallest absolute Gasteiger partial charge is 0.169 e. The van der Waals surface area contributed by atoms with Crippen molar-refractivity contribution < 1.29 is 23.8 Å². The maximum Gasteiger partial charge on any atom is 0.169 e. The maximum atomic E-state index is 13.7. The molecule has 0 unspecified atom stereocenters. The Kier molecular flexibility index (Phi) is 3.65. The fourth-order valence-corrected chi connectivity index (χ4v) is 1.78. The summed E-state index contributed by atoms with van der Waals surface area (Å²) in [5, 5.41) is 8.78. The van der Waals surface area contributed by atoms with E-state index in [1.54, 1.807) is 0 Å². The number of fused-ring (bicyclic) bond motifs is 1. The topological polar surface area (TPSA) is 60.0 Å². The zero-order valence-electron chi connectivity index (χ0n) is 9.46. The molecule has 0 fully saturated rings. The second-order valence-electron chi connectivity index (χ2n) is 3.58. The van der Waals surface area contributed by atoms with Crippen LogP contribution in [0.4, 0.5) is 4.39 Å². The van der Waals surface area contributed by atoms with Crippen molar-refractivity contribution in [3.05, 3.63) is 17.4 Å². The molecule has 1 aromatic carbocycles. The highest BCUT2D eigenvalue weighted by atomic mass is 19.1. The summed E-state index contributed by atoms with van der Waals surface area (Å²) in [5.74, 6) is 0.270. The van der Waals surface area contributed by atoms with E-state index in [2.05, 4.69) is 0 Å². The van der Waals surface area contributed by atoms with Crippen molar-refractivity contribution in [1.29, 1.82) is 0 Å². The van der Waals surface area contributed by atoms with E-state index in [9.17, 15) is 4.39 Å². The van der Waals surface area contributed by atoms with Gasteiger partial charge in [0, 0.05) is 12.5 Å². The standard InChI is InChI=1S/C11H14FNO4/c1-15-10-7(6-13-14)11-9(5-8(10)12)16-3-2-4-17-11/h5,13-14H,2-4,6H2,1H3. The molecule has 1 aliphatic heterocycles. The first kappa shape index (κ1) is 11.9. The Morgan fingerprint density at radius 1 is 1.47 bits per heavy atom. The number of ether oxygens (including phenoxy) is 3. The normalized spacial score (nSPS) is 14.3. The molecule has 2 rings (SSSR count). The molecule has 2 N–H and O–H groups in total. The van der Waals surface area contributed by atoms with Gasteiger partial charge in [-0.1, -0.05) is 0 Å². The Labute approximate surface area is 98.1 Å². The summed E-state index contributed by atoms with van der Waals surface area (Å²) in [6.45, 7) is 0.984. The number of hydrogen-bond donors (Lipinski definition) is 2. The van der Waals surface area contributed by atoms with Gasteiger partial charge in [-0.05, 0) is 0 Å². The first-order valence-corrected chi connectivity index (χ1v) is 5.30. The summed E-state index contributed by atoms with van der Waals surface area (Å²) in [7, 11) is 1.36. The minimum Gasteiger partial charge on any atom is -0.493 e. The van der Waals surface area contributed by atoms with Gasteiger partial charge in [0.1, 0.15) is 0 Å². The highest BCUT2D eigenvalue weighted by Gasteiger charge is 2.22. The predicted molar refractivity (Wildman–Crippen MR) is 57.2 cm³/mol. The molecule has 0 amide bonds. The van der Waals surface area contributed by atoms with Crippen molar-refractivity contribution in [3.8, 4) is 17.2 Å². The van der Waals surface area contributed by atoms with Crippen LogP contribution in [0.5, 0.6) is 17.2 Å². The molecule has 0 radical (unpaired) electrons. The molecule has 94 valence electrons. The number of rotatable bonds is 3. The lowest BCUT2D eigenvalue weighted by Gasteiger charge is -2.16. The lowest BCUT2D eigenvalue weighted by atomic mass is 10.1. The lowest BCUT2D eigenvalue weighted by Crippen LogP contribution is -2.11. The summed E-state index contributed by atoms with van der Waals surface area (Å²) in [6, 6.07) is 1.24. The van der Waals surface area contributed by atoms with E-state index in [4.69, 9.17) is 19.4 Å². The Balaban J connectivity index is 2.53. The third kappa shape index (κ3) is 2.27. The van der Waals surface area contributed by atoms with Gasteiger partial charge < -0.3 is 19.4 Å². The van der Waals surface area contributed by atoms with Crippen LogP contribution >= 0.6 is 0 Å². The Morgan fingerprint density at radius 3 is 2.94 bits per heavy atom. The van der Waals surface area contributed by atoms with Crippen LogP contribution in [-0.2, 0) is 6.54 Å². The number of halogens is 1. The molecule has 0 aliphatic carbocycles. The molecule has 1 aliphatic rings. The third-order valence-corrected chi connectivity index (χ3v) is 2.50. The summed E-state index contributed by atoms with van der Waals surface area (Å²) in [6.07, 6.45) is 0.727. The fraction of sp³-hybridized carbons (Fsp3) is 0.455. The van der Waals surface area contributed by atoms with Crippen molar-refractivity contribution in [3.63, 3.8) is 0 Å². The second kappa shape index (κ2) is 5.20. The van der Waals surface area contributed by atoms with E-state index in [0.29, 0.717) is 30.3 Å². The molecule has 0 spiro atoms. The van der Waals surface area contributed by atoms with Gasteiger partial charge in [-0.25, -0.2) is 9.87 Å². The van der Waals surface area contributed by atoms with Crippen LogP contribution in [0.2, 0.25) is 0 Å². The quantitative estimate of drug-likeness (QED) is 0.787. The molecule has 0 bridgehead atoms. The lowest BCUT2D eigenvalue weighted by molar-refractivity contribution is 0.158. The molecule has 1 heterocycles. The summed E-state index contributed by atoms with van der Waals surface area (Å²) < 4.78 is 29.6. The minimum absolute atomic E-state index is 0.0205. The van der Waals surface area contributed by atoms with E-state index >= 15 is 0 Å². The average molecular weight is 243 g/mol. The highest BCUT2D eigenvalue weighted by molar-refractivity contribution is 5.55. The maximum absolute atomic E-state index is 13.7. The Hall–Kier alpha value is -1.53. The van der Waals surface area contributed by atoms with Gasteiger partial charge >= 0.3 is 0 Å². The number of hydroxylamine groups is 1. The van der Waals surface area contributed by atoms with Crippen LogP contribution in [0.15, 0.2) is 6.07 Å². The number of benzene rings is 1. The van der Waals surface area contributed by atoms with Crippen LogP contribution in [-0.4, -0.2) is 25.5 Å². The Bertz CT molecular complexity index is 411. The summed E-state index contributed by atoms with van der Waals surface area (Å²) in [5.41, 5.74) is 2.38. The minimum atomic E-state index is -0.540. The second-order valence-corrected chi connectivity index (χ2v) is 3.58. The van der Waals surface area contributed by atoms with Gasteiger partial charge in [0.15, 0.2) is 23.1 Å². The predicted octanol–water partition coefficient (Wildman–Crippen LogP) is 1.47. The molecule has 1 aromatic rings. The van der Waals surface area contributed by atoms with Crippen molar-refractivity contribution in [2.75, 3.05) is 20.3 Å². The highest BCUT2D eigenvalue weighted by Crippen LogP contribution is 2.40. The molecule has 0 saturated heterocycles. The van der Waals surface area contributed by atoms with Gasteiger partial charge in [-0.15, -0.1) is 0 Å². The van der Waals surface area contributed by atoms with Gasteiger partial charge in [-0.3, -0.25) is 0 Å². The first-order chi connectivity index (χ1) is 8.27. The van der Waals surface area contributed by atoms with Crippen LogP contribution in [0.25, 0.3) is 0 Å². The molecule has 0 aromatic heterocycles. The molecular formula is C11H14FNO4. The molecule has 6 heteroatoms. The van der Waals surface area contributed by atoms with E-state index < -0.39 is 5.82 Å². The van der Waals surface area contributed by atoms with Crippen molar-refractivity contribution >= 4 is 0 Å². The fourth-order valence-electron chi connectivity index (χ4n) is 1.78. The van der Waals surface area contributed by atoms with Crippen LogP contribution in [0.3, 0.4) is 0 Å².